The average molecular weight is 213 g/mol. The number of carbonyl (C=O) groups is 1. The molecule has 0 unspecified atom stereocenters. The molecule has 0 aromatic heterocycles. The normalized spacial score (nSPS) is 10.4. The zero-order valence-corrected chi connectivity index (χ0v) is 8.63. The van der Waals surface area contributed by atoms with Crippen molar-refractivity contribution in [3.8, 4) is 6.07 Å². The SMILES string of the molecule is N#CCC(=O)N/N=C\C=C\c1ccccc1. The molecule has 1 aromatic rings. The van der Waals surface area contributed by atoms with Crippen LogP contribution in [0.1, 0.15) is 12.0 Å². The first kappa shape index (κ1) is 11.7. The molecule has 1 aromatic carbocycles. The second-order valence-corrected chi connectivity index (χ2v) is 2.92. The number of hydrazone groups is 1. The maximum absolute atomic E-state index is 10.8. The Balaban J connectivity index is 2.35. The molecule has 0 aliphatic rings. The summed E-state index contributed by atoms with van der Waals surface area (Å²) in [6, 6.07) is 11.5. The Morgan fingerprint density at radius 2 is 2.19 bits per heavy atom. The van der Waals surface area contributed by atoms with Gasteiger partial charge in [-0.3, -0.25) is 4.79 Å². The van der Waals surface area contributed by atoms with Crippen molar-refractivity contribution in [1.29, 1.82) is 5.26 Å². The van der Waals surface area contributed by atoms with Crippen LogP contribution < -0.4 is 5.43 Å². The summed E-state index contributed by atoms with van der Waals surface area (Å²) in [5.74, 6) is -0.410. The van der Waals surface area contributed by atoms with Crippen LogP contribution in [0.2, 0.25) is 0 Å². The Labute approximate surface area is 93.9 Å². The molecule has 0 saturated heterocycles. The molecule has 0 spiro atoms. The van der Waals surface area contributed by atoms with Gasteiger partial charge >= 0.3 is 0 Å². The smallest absolute Gasteiger partial charge is 0.254 e. The Morgan fingerprint density at radius 3 is 2.88 bits per heavy atom. The first-order valence-corrected chi connectivity index (χ1v) is 4.73. The fraction of sp³-hybridized carbons (Fsp3) is 0.0833. The molecule has 0 radical (unpaired) electrons. The summed E-state index contributed by atoms with van der Waals surface area (Å²) in [7, 11) is 0. The number of nitrogens with one attached hydrogen (secondary N) is 1. The van der Waals surface area contributed by atoms with Crippen LogP contribution in [0.4, 0.5) is 0 Å². The third-order valence-electron chi connectivity index (χ3n) is 1.68. The average Bonchev–Trinajstić information content (AvgIpc) is 2.30. The number of nitrogens with zero attached hydrogens (tertiary/aromatic N) is 2. The molecule has 0 bridgehead atoms. The van der Waals surface area contributed by atoms with E-state index in [1.807, 2.05) is 36.4 Å². The van der Waals surface area contributed by atoms with Crippen molar-refractivity contribution < 1.29 is 4.79 Å². The van der Waals surface area contributed by atoms with Crippen molar-refractivity contribution in [2.75, 3.05) is 0 Å². The van der Waals surface area contributed by atoms with E-state index in [9.17, 15) is 4.79 Å². The predicted molar refractivity (Wildman–Crippen MR) is 62.3 cm³/mol. The highest BCUT2D eigenvalue weighted by molar-refractivity contribution is 5.82. The Bertz CT molecular complexity index is 429. The van der Waals surface area contributed by atoms with Crippen LogP contribution in [-0.2, 0) is 4.79 Å². The quantitative estimate of drug-likeness (QED) is 0.611. The van der Waals surface area contributed by atoms with Crippen molar-refractivity contribution in [3.05, 3.63) is 42.0 Å². The van der Waals surface area contributed by atoms with Gasteiger partial charge < -0.3 is 0 Å². The zero-order chi connectivity index (χ0) is 11.6. The summed E-state index contributed by atoms with van der Waals surface area (Å²) in [5.41, 5.74) is 3.28. The predicted octanol–water partition coefficient (Wildman–Crippen LogP) is 1.72. The van der Waals surface area contributed by atoms with Crippen molar-refractivity contribution in [2.24, 2.45) is 5.10 Å². The molecule has 1 N–H and O–H groups in total. The number of rotatable bonds is 4. The summed E-state index contributed by atoms with van der Waals surface area (Å²) in [5, 5.41) is 11.9. The number of allylic oxidation sites excluding steroid dienone is 1. The molecule has 1 amide bonds. The molecule has 0 atom stereocenters. The van der Waals surface area contributed by atoms with E-state index in [0.717, 1.165) is 5.56 Å². The van der Waals surface area contributed by atoms with E-state index in [1.54, 1.807) is 12.1 Å². The van der Waals surface area contributed by atoms with E-state index < -0.39 is 5.91 Å². The monoisotopic (exact) mass is 213 g/mol. The van der Waals surface area contributed by atoms with Crippen molar-refractivity contribution in [2.45, 2.75) is 6.42 Å². The minimum Gasteiger partial charge on any atom is -0.272 e. The summed E-state index contributed by atoms with van der Waals surface area (Å²) in [6.45, 7) is 0. The molecule has 0 heterocycles. The van der Waals surface area contributed by atoms with E-state index in [2.05, 4.69) is 10.5 Å². The van der Waals surface area contributed by atoms with Crippen LogP contribution in [0.25, 0.3) is 6.08 Å². The van der Waals surface area contributed by atoms with Crippen molar-refractivity contribution >= 4 is 18.2 Å². The molecular formula is C12H11N3O. The highest BCUT2D eigenvalue weighted by atomic mass is 16.2. The minimum absolute atomic E-state index is 0.181. The Morgan fingerprint density at radius 1 is 1.44 bits per heavy atom. The van der Waals surface area contributed by atoms with Gasteiger partial charge in [-0.15, -0.1) is 0 Å². The second kappa shape index (κ2) is 6.96. The zero-order valence-electron chi connectivity index (χ0n) is 8.63. The molecule has 16 heavy (non-hydrogen) atoms. The molecule has 4 heteroatoms. The molecule has 0 aliphatic carbocycles. The van der Waals surface area contributed by atoms with Gasteiger partial charge in [0.15, 0.2) is 0 Å². The van der Waals surface area contributed by atoms with Gasteiger partial charge in [0.1, 0.15) is 6.42 Å². The highest BCUT2D eigenvalue weighted by Gasteiger charge is 1.93. The van der Waals surface area contributed by atoms with E-state index in [-0.39, 0.29) is 6.42 Å². The third kappa shape index (κ3) is 4.72. The molecule has 0 saturated carbocycles. The van der Waals surface area contributed by atoms with Crippen molar-refractivity contribution in [3.63, 3.8) is 0 Å². The fourth-order valence-electron chi connectivity index (χ4n) is 0.982. The standard InChI is InChI=1S/C12H11N3O/c13-9-8-12(16)15-14-10-4-7-11-5-2-1-3-6-11/h1-7,10H,8H2,(H,15,16)/b7-4+,14-10-. The molecule has 80 valence electrons. The summed E-state index contributed by atoms with van der Waals surface area (Å²) < 4.78 is 0. The number of nitriles is 1. The van der Waals surface area contributed by atoms with Gasteiger partial charge in [0, 0.05) is 6.21 Å². The lowest BCUT2D eigenvalue weighted by Crippen LogP contribution is -2.15. The fourth-order valence-corrected chi connectivity index (χ4v) is 0.982. The molecule has 4 nitrogen and oxygen atoms in total. The molecule has 0 fully saturated rings. The number of benzene rings is 1. The van der Waals surface area contributed by atoms with E-state index in [1.165, 1.54) is 6.21 Å². The number of hydrogen-bond donors (Lipinski definition) is 1. The summed E-state index contributed by atoms with van der Waals surface area (Å²) >= 11 is 0. The van der Waals surface area contributed by atoms with Gasteiger partial charge in [-0.2, -0.15) is 10.4 Å². The van der Waals surface area contributed by atoms with Gasteiger partial charge in [0.2, 0.25) is 0 Å². The molecule has 0 aliphatic heterocycles. The maximum atomic E-state index is 10.8. The van der Waals surface area contributed by atoms with E-state index in [0.29, 0.717) is 0 Å². The first-order valence-electron chi connectivity index (χ1n) is 4.73. The second-order valence-electron chi connectivity index (χ2n) is 2.92. The molecule has 1 rings (SSSR count). The van der Waals surface area contributed by atoms with Crippen LogP contribution in [0, 0.1) is 11.3 Å². The minimum atomic E-state index is -0.410. The lowest BCUT2D eigenvalue weighted by atomic mass is 10.2. The molecular weight excluding hydrogens is 202 g/mol. The van der Waals surface area contributed by atoms with E-state index >= 15 is 0 Å². The summed E-state index contributed by atoms with van der Waals surface area (Å²) in [4.78, 5) is 10.8. The van der Waals surface area contributed by atoms with Crippen LogP contribution in [0.3, 0.4) is 0 Å². The summed E-state index contributed by atoms with van der Waals surface area (Å²) in [6.07, 6.45) is 4.85. The van der Waals surface area contributed by atoms with Gasteiger partial charge in [-0.1, -0.05) is 36.4 Å². The number of amides is 1. The van der Waals surface area contributed by atoms with Crippen LogP contribution in [-0.4, -0.2) is 12.1 Å². The Kier molecular flexibility index (Phi) is 5.07. The van der Waals surface area contributed by atoms with Gasteiger partial charge in [-0.25, -0.2) is 5.43 Å². The topological polar surface area (TPSA) is 65.2 Å². The van der Waals surface area contributed by atoms with Gasteiger partial charge in [0.05, 0.1) is 6.07 Å². The lowest BCUT2D eigenvalue weighted by molar-refractivity contribution is -0.120. The van der Waals surface area contributed by atoms with Crippen LogP contribution >= 0.6 is 0 Å². The van der Waals surface area contributed by atoms with Crippen LogP contribution in [0.5, 0.6) is 0 Å². The van der Waals surface area contributed by atoms with Gasteiger partial charge in [0.25, 0.3) is 5.91 Å². The van der Waals surface area contributed by atoms with Crippen LogP contribution in [0.15, 0.2) is 41.5 Å². The third-order valence-corrected chi connectivity index (χ3v) is 1.68. The maximum Gasteiger partial charge on any atom is 0.254 e. The van der Waals surface area contributed by atoms with E-state index in [4.69, 9.17) is 5.26 Å². The highest BCUT2D eigenvalue weighted by Crippen LogP contribution is 1.99. The lowest BCUT2D eigenvalue weighted by Gasteiger charge is -1.91. The Hall–Kier alpha value is -2.41. The number of carbonyl (C=O) groups excluding carboxylic acids is 1. The van der Waals surface area contributed by atoms with Crippen molar-refractivity contribution in [1.82, 2.24) is 5.43 Å². The first-order chi connectivity index (χ1) is 7.83. The largest absolute Gasteiger partial charge is 0.272 e. The van der Waals surface area contributed by atoms with Gasteiger partial charge in [-0.05, 0) is 11.6 Å². The number of hydrogen-bond acceptors (Lipinski definition) is 3.